The van der Waals surface area contributed by atoms with Crippen LogP contribution < -0.4 is 4.74 Å². The maximum Gasteiger partial charge on any atom is 0.153 e. The van der Waals surface area contributed by atoms with Crippen LogP contribution in [0.4, 0.5) is 0 Å². The molecule has 0 N–H and O–H groups in total. The fourth-order valence-electron chi connectivity index (χ4n) is 1.85. The monoisotopic (exact) mass is 298 g/mol. The number of ether oxygens (including phenoxy) is 1. The maximum absolute atomic E-state index is 10.9. The molecule has 0 aromatic heterocycles. The molecule has 1 atom stereocenters. The molecular weight excluding hydrogens is 280 g/mol. The summed E-state index contributed by atoms with van der Waals surface area (Å²) in [5.41, 5.74) is 0.594. The lowest BCUT2D eigenvalue weighted by atomic mass is 10.00. The van der Waals surface area contributed by atoms with Crippen LogP contribution in [0.1, 0.15) is 37.6 Å². The van der Waals surface area contributed by atoms with Crippen molar-refractivity contribution in [3.8, 4) is 5.75 Å². The summed E-state index contributed by atoms with van der Waals surface area (Å²) < 4.78 is 6.58. The van der Waals surface area contributed by atoms with Gasteiger partial charge in [-0.15, -0.1) is 0 Å². The van der Waals surface area contributed by atoms with Crippen LogP contribution in [0, 0.1) is 11.8 Å². The Morgan fingerprint density at radius 2 is 2.06 bits per heavy atom. The van der Waals surface area contributed by atoms with Gasteiger partial charge in [0.15, 0.2) is 6.29 Å². The molecule has 0 aliphatic heterocycles. The van der Waals surface area contributed by atoms with Crippen LogP contribution in [0.3, 0.4) is 0 Å². The van der Waals surface area contributed by atoms with Gasteiger partial charge in [0, 0.05) is 4.47 Å². The first-order valence-electron chi connectivity index (χ1n) is 5.90. The Kier molecular flexibility index (Phi) is 5.69. The molecule has 0 fully saturated rings. The molecule has 1 aromatic rings. The highest BCUT2D eigenvalue weighted by Crippen LogP contribution is 2.23. The number of benzene rings is 1. The molecule has 0 aliphatic carbocycles. The summed E-state index contributed by atoms with van der Waals surface area (Å²) in [6.45, 7) is 7.22. The first-order valence-corrected chi connectivity index (χ1v) is 6.69. The van der Waals surface area contributed by atoms with Crippen LogP contribution in [0.25, 0.3) is 0 Å². The minimum absolute atomic E-state index is 0.498. The van der Waals surface area contributed by atoms with Crippen molar-refractivity contribution in [2.24, 2.45) is 11.8 Å². The Balaban J connectivity index is 2.59. The van der Waals surface area contributed by atoms with E-state index in [9.17, 15) is 4.79 Å². The number of carbonyl (C=O) groups excluding carboxylic acids is 1. The molecule has 0 amide bonds. The lowest BCUT2D eigenvalue weighted by Gasteiger charge is -2.16. The van der Waals surface area contributed by atoms with Gasteiger partial charge in [-0.3, -0.25) is 4.79 Å². The maximum atomic E-state index is 10.9. The summed E-state index contributed by atoms with van der Waals surface area (Å²) in [6, 6.07) is 5.49. The summed E-state index contributed by atoms with van der Waals surface area (Å²) in [5, 5.41) is 0. The van der Waals surface area contributed by atoms with E-state index in [1.54, 1.807) is 6.07 Å². The Hall–Kier alpha value is -0.830. The minimum Gasteiger partial charge on any atom is -0.493 e. The Morgan fingerprint density at radius 1 is 1.35 bits per heavy atom. The second-order valence-corrected chi connectivity index (χ2v) is 5.76. The number of aldehydes is 1. The van der Waals surface area contributed by atoms with E-state index in [0.717, 1.165) is 17.2 Å². The predicted molar refractivity (Wildman–Crippen MR) is 73.6 cm³/mol. The van der Waals surface area contributed by atoms with Crippen LogP contribution >= 0.6 is 15.9 Å². The molecule has 1 aromatic carbocycles. The molecule has 3 heteroatoms. The van der Waals surface area contributed by atoms with Crippen molar-refractivity contribution in [2.75, 3.05) is 6.61 Å². The molecule has 17 heavy (non-hydrogen) atoms. The SMILES string of the molecule is CC(C)C[C@@H](C)COc1ccc(Br)cc1C=O. The fraction of sp³-hybridized carbons (Fsp3) is 0.500. The molecule has 0 saturated heterocycles. The summed E-state index contributed by atoms with van der Waals surface area (Å²) in [5.74, 6) is 1.83. The number of rotatable bonds is 6. The highest BCUT2D eigenvalue weighted by Gasteiger charge is 2.08. The summed E-state index contributed by atoms with van der Waals surface area (Å²) in [6.07, 6.45) is 1.96. The molecule has 94 valence electrons. The Morgan fingerprint density at radius 3 is 2.65 bits per heavy atom. The van der Waals surface area contributed by atoms with Crippen LogP contribution in [0.15, 0.2) is 22.7 Å². The molecule has 0 heterocycles. The molecule has 0 aliphatic rings. The van der Waals surface area contributed by atoms with Crippen molar-refractivity contribution >= 4 is 22.2 Å². The summed E-state index contributed by atoms with van der Waals surface area (Å²) in [7, 11) is 0. The third-order valence-corrected chi connectivity index (χ3v) is 2.99. The normalized spacial score (nSPS) is 12.5. The lowest BCUT2D eigenvalue weighted by molar-refractivity contribution is 0.111. The van der Waals surface area contributed by atoms with Gasteiger partial charge in [0.25, 0.3) is 0 Å². The van der Waals surface area contributed by atoms with Gasteiger partial charge in [0.2, 0.25) is 0 Å². The molecule has 1 rings (SSSR count). The van der Waals surface area contributed by atoms with E-state index in [-0.39, 0.29) is 0 Å². The third-order valence-electron chi connectivity index (χ3n) is 2.50. The average molecular weight is 299 g/mol. The van der Waals surface area contributed by atoms with Gasteiger partial charge in [-0.25, -0.2) is 0 Å². The smallest absolute Gasteiger partial charge is 0.153 e. The van der Waals surface area contributed by atoms with Crippen molar-refractivity contribution in [1.29, 1.82) is 0 Å². The third kappa shape index (κ3) is 4.90. The zero-order valence-corrected chi connectivity index (χ0v) is 12.2. The Bertz CT molecular complexity index is 374. The van der Waals surface area contributed by atoms with E-state index in [0.29, 0.717) is 29.8 Å². The van der Waals surface area contributed by atoms with Gasteiger partial charge in [0.05, 0.1) is 12.2 Å². The van der Waals surface area contributed by atoms with Gasteiger partial charge < -0.3 is 4.74 Å². The second kappa shape index (κ2) is 6.80. The van der Waals surface area contributed by atoms with Gasteiger partial charge in [-0.05, 0) is 36.5 Å². The number of halogens is 1. The molecule has 0 spiro atoms. The van der Waals surface area contributed by atoms with Crippen molar-refractivity contribution in [3.63, 3.8) is 0 Å². The highest BCUT2D eigenvalue weighted by molar-refractivity contribution is 9.10. The molecule has 0 saturated carbocycles. The molecule has 0 unspecified atom stereocenters. The zero-order chi connectivity index (χ0) is 12.8. The summed E-state index contributed by atoms with van der Waals surface area (Å²) in [4.78, 5) is 10.9. The Labute approximate surface area is 111 Å². The van der Waals surface area contributed by atoms with Crippen molar-refractivity contribution < 1.29 is 9.53 Å². The van der Waals surface area contributed by atoms with Crippen molar-refractivity contribution in [1.82, 2.24) is 0 Å². The largest absolute Gasteiger partial charge is 0.493 e. The molecular formula is C14H19BrO2. The second-order valence-electron chi connectivity index (χ2n) is 4.85. The van der Waals surface area contributed by atoms with E-state index in [4.69, 9.17) is 4.74 Å². The molecule has 0 radical (unpaired) electrons. The molecule has 0 bridgehead atoms. The van der Waals surface area contributed by atoms with Crippen LogP contribution in [0.5, 0.6) is 5.75 Å². The number of carbonyl (C=O) groups is 1. The summed E-state index contributed by atoms with van der Waals surface area (Å²) >= 11 is 3.34. The average Bonchev–Trinajstić information content (AvgIpc) is 2.26. The van der Waals surface area contributed by atoms with Crippen molar-refractivity contribution in [2.45, 2.75) is 27.2 Å². The van der Waals surface area contributed by atoms with Gasteiger partial charge in [0.1, 0.15) is 5.75 Å². The van der Waals surface area contributed by atoms with E-state index in [2.05, 4.69) is 36.7 Å². The lowest BCUT2D eigenvalue weighted by Crippen LogP contribution is -2.11. The van der Waals surface area contributed by atoms with Gasteiger partial charge >= 0.3 is 0 Å². The van der Waals surface area contributed by atoms with Crippen LogP contribution in [-0.4, -0.2) is 12.9 Å². The van der Waals surface area contributed by atoms with E-state index >= 15 is 0 Å². The van der Waals surface area contributed by atoms with Crippen molar-refractivity contribution in [3.05, 3.63) is 28.2 Å². The molecule has 2 nitrogen and oxygen atoms in total. The number of hydrogen-bond acceptors (Lipinski definition) is 2. The highest BCUT2D eigenvalue weighted by atomic mass is 79.9. The van der Waals surface area contributed by atoms with Gasteiger partial charge in [-0.1, -0.05) is 36.7 Å². The van der Waals surface area contributed by atoms with Crippen LogP contribution in [0.2, 0.25) is 0 Å². The van der Waals surface area contributed by atoms with E-state index in [1.807, 2.05) is 12.1 Å². The predicted octanol–water partition coefficient (Wildman–Crippen LogP) is 4.32. The first-order chi connectivity index (χ1) is 8.02. The van der Waals surface area contributed by atoms with Crippen LogP contribution in [-0.2, 0) is 0 Å². The van der Waals surface area contributed by atoms with Gasteiger partial charge in [-0.2, -0.15) is 0 Å². The standard InChI is InChI=1S/C14H19BrO2/c1-10(2)6-11(3)9-17-14-5-4-13(15)7-12(14)8-16/h4-5,7-8,10-11H,6,9H2,1-3H3/t11-/m1/s1. The zero-order valence-electron chi connectivity index (χ0n) is 10.6. The minimum atomic E-state index is 0.498. The number of hydrogen-bond donors (Lipinski definition) is 0. The quantitative estimate of drug-likeness (QED) is 0.731. The van der Waals surface area contributed by atoms with E-state index < -0.39 is 0 Å². The van der Waals surface area contributed by atoms with E-state index in [1.165, 1.54) is 0 Å². The first kappa shape index (κ1) is 14.2. The fourth-order valence-corrected chi connectivity index (χ4v) is 2.23. The topological polar surface area (TPSA) is 26.3 Å².